The van der Waals surface area contributed by atoms with Crippen LogP contribution in [-0.4, -0.2) is 0 Å². The highest BCUT2D eigenvalue weighted by Gasteiger charge is 1.89. The minimum Gasteiger partial charge on any atom is -0.103 e. The fourth-order valence-corrected chi connectivity index (χ4v) is 1.04. The molecule has 0 nitrogen and oxygen atoms in total. The topological polar surface area (TPSA) is 0 Å². The Bertz CT molecular complexity index is 315. The average molecular weight is 200 g/mol. The first-order valence-electron chi connectivity index (χ1n) is 5.18. The molecule has 0 N–H and O–H groups in total. The Labute approximate surface area is 93.7 Å². The molecular weight excluding hydrogens is 180 g/mol. The van der Waals surface area contributed by atoms with Crippen LogP contribution < -0.4 is 0 Å². The minimum absolute atomic E-state index is 1.29. The predicted molar refractivity (Wildman–Crippen MR) is 70.8 cm³/mol. The van der Waals surface area contributed by atoms with E-state index in [0.717, 1.165) is 0 Å². The van der Waals surface area contributed by atoms with E-state index in [1.807, 2.05) is 26.0 Å². The first kappa shape index (κ1) is 13.4. The molecule has 0 aliphatic heterocycles. The Balaban J connectivity index is 0.000000583. The van der Waals surface area contributed by atoms with Crippen LogP contribution >= 0.6 is 0 Å². The number of hydrogen-bond donors (Lipinski definition) is 0. The molecule has 1 aromatic rings. The summed E-state index contributed by atoms with van der Waals surface area (Å²) in [6, 6.07) is 10.4. The standard InChI is InChI=1S/C12H14.C3H6/c1-3-4-8-11(2)12-9-6-5-7-10-12;1-3-2/h3-10H,1-2H3;3H,1H2,2H3/b4-3-,11-8+;. The first-order valence-corrected chi connectivity index (χ1v) is 5.18. The molecule has 15 heavy (non-hydrogen) atoms. The fourth-order valence-electron chi connectivity index (χ4n) is 1.04. The van der Waals surface area contributed by atoms with Gasteiger partial charge in [-0.15, -0.1) is 6.58 Å². The van der Waals surface area contributed by atoms with Gasteiger partial charge < -0.3 is 0 Å². The summed E-state index contributed by atoms with van der Waals surface area (Å²) in [6.45, 7) is 9.39. The summed E-state index contributed by atoms with van der Waals surface area (Å²) in [4.78, 5) is 0. The molecule has 0 fully saturated rings. The van der Waals surface area contributed by atoms with Gasteiger partial charge in [-0.2, -0.15) is 0 Å². The summed E-state index contributed by atoms with van der Waals surface area (Å²) < 4.78 is 0. The highest BCUT2D eigenvalue weighted by Crippen LogP contribution is 2.12. The van der Waals surface area contributed by atoms with Crippen LogP contribution in [-0.2, 0) is 0 Å². The third kappa shape index (κ3) is 6.50. The summed E-state index contributed by atoms with van der Waals surface area (Å²) in [5.74, 6) is 0. The van der Waals surface area contributed by atoms with Crippen molar-refractivity contribution in [2.45, 2.75) is 20.8 Å². The molecule has 0 saturated heterocycles. The van der Waals surface area contributed by atoms with Crippen LogP contribution in [0.1, 0.15) is 26.3 Å². The van der Waals surface area contributed by atoms with Crippen molar-refractivity contribution in [1.29, 1.82) is 0 Å². The SMILES string of the molecule is C/C=C\C=C(/C)c1ccccc1.C=CC. The van der Waals surface area contributed by atoms with E-state index in [1.54, 1.807) is 6.08 Å². The number of rotatable bonds is 2. The van der Waals surface area contributed by atoms with Gasteiger partial charge in [0.1, 0.15) is 0 Å². The second-order valence-corrected chi connectivity index (χ2v) is 3.15. The molecule has 0 aliphatic carbocycles. The van der Waals surface area contributed by atoms with Crippen molar-refractivity contribution < 1.29 is 0 Å². The largest absolute Gasteiger partial charge is 0.103 e. The molecule has 0 bridgehead atoms. The Morgan fingerprint density at radius 1 is 1.13 bits per heavy atom. The molecule has 80 valence electrons. The number of allylic oxidation sites excluding steroid dienone is 5. The lowest BCUT2D eigenvalue weighted by Crippen LogP contribution is -1.75. The molecule has 0 radical (unpaired) electrons. The summed E-state index contributed by atoms with van der Waals surface area (Å²) in [7, 11) is 0. The molecule has 0 atom stereocenters. The number of hydrogen-bond acceptors (Lipinski definition) is 0. The second kappa shape index (κ2) is 9.01. The normalized spacial score (nSPS) is 10.7. The average Bonchev–Trinajstić information content (AvgIpc) is 2.28. The minimum atomic E-state index is 1.29. The monoisotopic (exact) mass is 200 g/mol. The van der Waals surface area contributed by atoms with E-state index in [4.69, 9.17) is 0 Å². The fraction of sp³-hybridized carbons (Fsp3) is 0.200. The molecule has 1 aromatic carbocycles. The maximum atomic E-state index is 3.36. The Hall–Kier alpha value is -1.56. The Morgan fingerprint density at radius 3 is 2.13 bits per heavy atom. The predicted octanol–water partition coefficient (Wildman–Crippen LogP) is 4.86. The van der Waals surface area contributed by atoms with Crippen LogP contribution in [0.3, 0.4) is 0 Å². The van der Waals surface area contributed by atoms with Gasteiger partial charge in [0.2, 0.25) is 0 Å². The Kier molecular flexibility index (Phi) is 8.08. The second-order valence-electron chi connectivity index (χ2n) is 3.15. The van der Waals surface area contributed by atoms with Crippen molar-refractivity contribution >= 4 is 5.57 Å². The molecule has 0 heteroatoms. The van der Waals surface area contributed by atoms with E-state index >= 15 is 0 Å². The van der Waals surface area contributed by atoms with E-state index in [1.165, 1.54) is 11.1 Å². The molecule has 0 unspecified atom stereocenters. The van der Waals surface area contributed by atoms with Crippen LogP contribution in [0, 0.1) is 0 Å². The van der Waals surface area contributed by atoms with E-state index in [9.17, 15) is 0 Å². The zero-order chi connectivity index (χ0) is 11.5. The maximum absolute atomic E-state index is 3.36. The van der Waals surface area contributed by atoms with Crippen molar-refractivity contribution in [1.82, 2.24) is 0 Å². The van der Waals surface area contributed by atoms with Gasteiger partial charge in [0.15, 0.2) is 0 Å². The van der Waals surface area contributed by atoms with Crippen molar-refractivity contribution in [3.05, 3.63) is 66.8 Å². The first-order chi connectivity index (χ1) is 7.26. The summed E-state index contributed by atoms with van der Waals surface area (Å²) in [5.41, 5.74) is 2.59. The van der Waals surface area contributed by atoms with Crippen molar-refractivity contribution in [2.75, 3.05) is 0 Å². The van der Waals surface area contributed by atoms with Gasteiger partial charge in [-0.1, -0.05) is 54.6 Å². The van der Waals surface area contributed by atoms with Crippen molar-refractivity contribution in [2.24, 2.45) is 0 Å². The van der Waals surface area contributed by atoms with E-state index in [0.29, 0.717) is 0 Å². The lowest BCUT2D eigenvalue weighted by molar-refractivity contribution is 1.56. The molecule has 0 amide bonds. The maximum Gasteiger partial charge on any atom is -0.0227 e. The van der Waals surface area contributed by atoms with E-state index in [-0.39, 0.29) is 0 Å². The highest BCUT2D eigenvalue weighted by molar-refractivity contribution is 5.64. The zero-order valence-corrected chi connectivity index (χ0v) is 9.90. The van der Waals surface area contributed by atoms with Crippen LogP contribution in [0.4, 0.5) is 0 Å². The van der Waals surface area contributed by atoms with Gasteiger partial charge in [0, 0.05) is 0 Å². The zero-order valence-electron chi connectivity index (χ0n) is 9.90. The summed E-state index contributed by atoms with van der Waals surface area (Å²) in [5, 5.41) is 0. The summed E-state index contributed by atoms with van der Waals surface area (Å²) >= 11 is 0. The van der Waals surface area contributed by atoms with Gasteiger partial charge in [-0.25, -0.2) is 0 Å². The quantitative estimate of drug-likeness (QED) is 0.472. The van der Waals surface area contributed by atoms with Gasteiger partial charge in [-0.3, -0.25) is 0 Å². The van der Waals surface area contributed by atoms with E-state index < -0.39 is 0 Å². The molecule has 0 spiro atoms. The van der Waals surface area contributed by atoms with Crippen LogP contribution in [0.2, 0.25) is 0 Å². The number of benzene rings is 1. The molecule has 0 aliphatic rings. The lowest BCUT2D eigenvalue weighted by atomic mass is 10.1. The lowest BCUT2D eigenvalue weighted by Gasteiger charge is -1.97. The van der Waals surface area contributed by atoms with Crippen LogP contribution in [0.25, 0.3) is 5.57 Å². The van der Waals surface area contributed by atoms with E-state index in [2.05, 4.69) is 49.9 Å². The highest BCUT2D eigenvalue weighted by atomic mass is 13.9. The van der Waals surface area contributed by atoms with Crippen molar-refractivity contribution in [3.8, 4) is 0 Å². The molecule has 1 rings (SSSR count). The molecule has 0 aromatic heterocycles. The molecule has 0 saturated carbocycles. The van der Waals surface area contributed by atoms with Crippen LogP contribution in [0.15, 0.2) is 61.2 Å². The van der Waals surface area contributed by atoms with Gasteiger partial charge in [0.25, 0.3) is 0 Å². The van der Waals surface area contributed by atoms with Crippen LogP contribution in [0.5, 0.6) is 0 Å². The van der Waals surface area contributed by atoms with Crippen molar-refractivity contribution in [3.63, 3.8) is 0 Å². The summed E-state index contributed by atoms with van der Waals surface area (Å²) in [6.07, 6.45) is 7.96. The smallest absolute Gasteiger partial charge is 0.0227 e. The molecule has 0 heterocycles. The Morgan fingerprint density at radius 2 is 1.67 bits per heavy atom. The third-order valence-electron chi connectivity index (χ3n) is 1.77. The van der Waals surface area contributed by atoms with Gasteiger partial charge in [0.05, 0.1) is 0 Å². The molecular formula is C15H20. The van der Waals surface area contributed by atoms with Gasteiger partial charge in [-0.05, 0) is 31.9 Å². The van der Waals surface area contributed by atoms with Gasteiger partial charge >= 0.3 is 0 Å². The third-order valence-corrected chi connectivity index (χ3v) is 1.77.